The Hall–Kier alpha value is 0.300. The zero-order chi connectivity index (χ0) is 10.8. The minimum atomic E-state index is 0.201. The Labute approximate surface area is 99.7 Å². The van der Waals surface area contributed by atoms with Gasteiger partial charge in [0.25, 0.3) is 0 Å². The van der Waals surface area contributed by atoms with E-state index in [-0.39, 0.29) is 5.91 Å². The van der Waals surface area contributed by atoms with Crippen molar-refractivity contribution in [1.82, 2.24) is 5.32 Å². The number of nitrogens with one attached hydrogen (secondary N) is 1. The van der Waals surface area contributed by atoms with Gasteiger partial charge in [0.1, 0.15) is 0 Å². The summed E-state index contributed by atoms with van der Waals surface area (Å²) in [5, 5.41) is 4.04. The van der Waals surface area contributed by atoms with E-state index in [2.05, 4.69) is 34.4 Å². The monoisotopic (exact) mass is 281 g/mol. The molecule has 0 spiro atoms. The quantitative estimate of drug-likeness (QED) is 0.548. The molecular formula is C10H20BrNOS. The summed E-state index contributed by atoms with van der Waals surface area (Å²) >= 11 is 5.14. The summed E-state index contributed by atoms with van der Waals surface area (Å²) in [4.78, 5) is 11.4. The summed E-state index contributed by atoms with van der Waals surface area (Å²) in [6.07, 6.45) is 5.81. The van der Waals surface area contributed by atoms with Crippen LogP contribution in [0.25, 0.3) is 0 Å². The van der Waals surface area contributed by atoms with Gasteiger partial charge in [-0.05, 0) is 25.5 Å². The van der Waals surface area contributed by atoms with Crippen LogP contribution in [0.1, 0.15) is 32.6 Å². The molecule has 0 aliphatic rings. The molecule has 84 valence electrons. The summed E-state index contributed by atoms with van der Waals surface area (Å²) in [6, 6.07) is 0.349. The minimum Gasteiger partial charge on any atom is -0.353 e. The SMILES string of the molecule is CCC(CSC)NC(=O)CCCCBr. The van der Waals surface area contributed by atoms with Crippen molar-refractivity contribution in [2.24, 2.45) is 0 Å². The summed E-state index contributed by atoms with van der Waals surface area (Å²) in [5.74, 6) is 1.22. The van der Waals surface area contributed by atoms with Gasteiger partial charge in [-0.3, -0.25) is 4.79 Å². The van der Waals surface area contributed by atoms with Crippen molar-refractivity contribution in [1.29, 1.82) is 0 Å². The van der Waals surface area contributed by atoms with Gasteiger partial charge < -0.3 is 5.32 Å². The molecule has 1 amide bonds. The molecule has 14 heavy (non-hydrogen) atoms. The van der Waals surface area contributed by atoms with Crippen LogP contribution in [0, 0.1) is 0 Å². The molecule has 0 aliphatic carbocycles. The Balaban J connectivity index is 3.56. The standard InChI is InChI=1S/C10H20BrNOS/c1-3-9(8-14-2)12-10(13)6-4-5-7-11/h9H,3-8H2,1-2H3,(H,12,13). The molecule has 0 saturated carbocycles. The van der Waals surface area contributed by atoms with Crippen LogP contribution in [0.15, 0.2) is 0 Å². The van der Waals surface area contributed by atoms with Gasteiger partial charge in [0.15, 0.2) is 0 Å². The third kappa shape index (κ3) is 7.68. The molecule has 0 fully saturated rings. The first kappa shape index (κ1) is 14.3. The second-order valence-corrected chi connectivity index (χ2v) is 4.98. The molecule has 0 saturated heterocycles. The van der Waals surface area contributed by atoms with Gasteiger partial charge in [-0.2, -0.15) is 11.8 Å². The van der Waals surface area contributed by atoms with E-state index >= 15 is 0 Å². The summed E-state index contributed by atoms with van der Waals surface area (Å²) in [5.41, 5.74) is 0. The summed E-state index contributed by atoms with van der Waals surface area (Å²) in [6.45, 7) is 2.11. The maximum Gasteiger partial charge on any atom is 0.220 e. The highest BCUT2D eigenvalue weighted by Gasteiger charge is 2.08. The van der Waals surface area contributed by atoms with Crippen LogP contribution in [-0.2, 0) is 4.79 Å². The van der Waals surface area contributed by atoms with Gasteiger partial charge in [0.05, 0.1) is 0 Å². The Morgan fingerprint density at radius 3 is 2.71 bits per heavy atom. The van der Waals surface area contributed by atoms with E-state index in [0.29, 0.717) is 12.5 Å². The average molecular weight is 282 g/mol. The number of carbonyl (C=O) groups excluding carboxylic acids is 1. The fraction of sp³-hybridized carbons (Fsp3) is 0.900. The predicted octanol–water partition coefficient (Wildman–Crippen LogP) is 2.81. The first-order valence-corrected chi connectivity index (χ1v) is 7.60. The zero-order valence-electron chi connectivity index (χ0n) is 9.01. The van der Waals surface area contributed by atoms with Crippen LogP contribution < -0.4 is 5.32 Å². The van der Waals surface area contributed by atoms with Crippen molar-refractivity contribution >= 4 is 33.6 Å². The van der Waals surface area contributed by atoms with Gasteiger partial charge in [0, 0.05) is 23.5 Å². The van der Waals surface area contributed by atoms with Crippen LogP contribution in [0.2, 0.25) is 0 Å². The van der Waals surface area contributed by atoms with E-state index in [1.807, 2.05) is 0 Å². The molecule has 1 unspecified atom stereocenters. The van der Waals surface area contributed by atoms with E-state index in [4.69, 9.17) is 0 Å². The van der Waals surface area contributed by atoms with Crippen LogP contribution >= 0.6 is 27.7 Å². The number of halogens is 1. The topological polar surface area (TPSA) is 29.1 Å². The largest absolute Gasteiger partial charge is 0.353 e. The number of hydrogen-bond acceptors (Lipinski definition) is 2. The number of thioether (sulfide) groups is 1. The van der Waals surface area contributed by atoms with Crippen molar-refractivity contribution in [3.8, 4) is 0 Å². The van der Waals surface area contributed by atoms with Crippen molar-refractivity contribution in [3.05, 3.63) is 0 Å². The number of rotatable bonds is 8. The highest BCUT2D eigenvalue weighted by Crippen LogP contribution is 2.03. The first-order chi connectivity index (χ1) is 6.74. The van der Waals surface area contributed by atoms with Gasteiger partial charge in [-0.15, -0.1) is 0 Å². The number of amides is 1. The van der Waals surface area contributed by atoms with E-state index in [1.54, 1.807) is 11.8 Å². The molecular weight excluding hydrogens is 262 g/mol. The van der Waals surface area contributed by atoms with Gasteiger partial charge in [0.2, 0.25) is 5.91 Å². The summed E-state index contributed by atoms with van der Waals surface area (Å²) < 4.78 is 0. The first-order valence-electron chi connectivity index (χ1n) is 5.08. The van der Waals surface area contributed by atoms with Gasteiger partial charge in [-0.1, -0.05) is 22.9 Å². The number of carbonyl (C=O) groups is 1. The molecule has 4 heteroatoms. The second kappa shape index (κ2) is 9.84. The lowest BCUT2D eigenvalue weighted by atomic mass is 10.2. The molecule has 0 aromatic heterocycles. The minimum absolute atomic E-state index is 0.201. The van der Waals surface area contributed by atoms with Crippen LogP contribution in [-0.4, -0.2) is 29.3 Å². The lowest BCUT2D eigenvalue weighted by Gasteiger charge is -2.15. The number of unbranched alkanes of at least 4 members (excludes halogenated alkanes) is 1. The normalized spacial score (nSPS) is 12.5. The second-order valence-electron chi connectivity index (χ2n) is 3.27. The third-order valence-electron chi connectivity index (χ3n) is 2.01. The fourth-order valence-corrected chi connectivity index (χ4v) is 2.26. The molecule has 0 rings (SSSR count). The molecule has 0 heterocycles. The number of alkyl halides is 1. The maximum atomic E-state index is 11.4. The maximum absolute atomic E-state index is 11.4. The summed E-state index contributed by atoms with van der Waals surface area (Å²) in [7, 11) is 0. The average Bonchev–Trinajstić information content (AvgIpc) is 2.17. The smallest absolute Gasteiger partial charge is 0.220 e. The van der Waals surface area contributed by atoms with Crippen molar-refractivity contribution in [2.45, 2.75) is 38.6 Å². The third-order valence-corrected chi connectivity index (χ3v) is 3.31. The molecule has 1 atom stereocenters. The van der Waals surface area contributed by atoms with E-state index < -0.39 is 0 Å². The number of hydrogen-bond donors (Lipinski definition) is 1. The van der Waals surface area contributed by atoms with Crippen LogP contribution in [0.5, 0.6) is 0 Å². The zero-order valence-corrected chi connectivity index (χ0v) is 11.4. The van der Waals surface area contributed by atoms with E-state index in [1.165, 1.54) is 0 Å². The highest BCUT2D eigenvalue weighted by molar-refractivity contribution is 9.09. The lowest BCUT2D eigenvalue weighted by molar-refractivity contribution is -0.121. The Morgan fingerprint density at radius 2 is 2.21 bits per heavy atom. The van der Waals surface area contributed by atoms with Crippen molar-refractivity contribution < 1.29 is 4.79 Å². The molecule has 0 aromatic rings. The molecule has 0 radical (unpaired) electrons. The predicted molar refractivity (Wildman–Crippen MR) is 68.2 cm³/mol. The van der Waals surface area contributed by atoms with Gasteiger partial charge >= 0.3 is 0 Å². The highest BCUT2D eigenvalue weighted by atomic mass is 79.9. The van der Waals surface area contributed by atoms with Crippen molar-refractivity contribution in [2.75, 3.05) is 17.3 Å². The van der Waals surface area contributed by atoms with Crippen LogP contribution in [0.4, 0.5) is 0 Å². The van der Waals surface area contributed by atoms with E-state index in [0.717, 1.165) is 30.3 Å². The van der Waals surface area contributed by atoms with Crippen LogP contribution in [0.3, 0.4) is 0 Å². The van der Waals surface area contributed by atoms with E-state index in [9.17, 15) is 4.79 Å². The molecule has 2 nitrogen and oxygen atoms in total. The Kier molecular flexibility index (Phi) is 10.1. The fourth-order valence-electron chi connectivity index (χ4n) is 1.14. The van der Waals surface area contributed by atoms with Crippen molar-refractivity contribution in [3.63, 3.8) is 0 Å². The molecule has 0 bridgehead atoms. The molecule has 0 aromatic carbocycles. The molecule has 0 aliphatic heterocycles. The Bertz CT molecular complexity index is 155. The molecule has 1 N–H and O–H groups in total. The lowest BCUT2D eigenvalue weighted by Crippen LogP contribution is -2.35. The van der Waals surface area contributed by atoms with Gasteiger partial charge in [-0.25, -0.2) is 0 Å². The Morgan fingerprint density at radius 1 is 1.50 bits per heavy atom.